The predicted molar refractivity (Wildman–Crippen MR) is 58.2 cm³/mol. The molecule has 3 heteroatoms. The maximum atomic E-state index is 5.52. The van der Waals surface area contributed by atoms with E-state index < -0.39 is 0 Å². The Kier molecular flexibility index (Phi) is 4.23. The fourth-order valence-corrected chi connectivity index (χ4v) is 1.18. The fourth-order valence-electron chi connectivity index (χ4n) is 1.18. The van der Waals surface area contributed by atoms with Gasteiger partial charge in [-0.15, -0.1) is 0 Å². The van der Waals surface area contributed by atoms with Crippen molar-refractivity contribution in [3.05, 3.63) is 18.2 Å². The molecule has 0 aliphatic carbocycles. The van der Waals surface area contributed by atoms with Crippen LogP contribution in [0.3, 0.4) is 0 Å². The molecule has 14 heavy (non-hydrogen) atoms. The van der Waals surface area contributed by atoms with Crippen LogP contribution in [0.5, 0.6) is 5.88 Å². The van der Waals surface area contributed by atoms with Crippen LogP contribution in [-0.2, 0) is 0 Å². The highest BCUT2D eigenvalue weighted by atomic mass is 16.5. The molecule has 2 N–H and O–H groups in total. The maximum Gasteiger partial charge on any atom is 0.215 e. The summed E-state index contributed by atoms with van der Waals surface area (Å²) in [4.78, 5) is 4.05. The van der Waals surface area contributed by atoms with E-state index in [4.69, 9.17) is 10.5 Å². The Morgan fingerprint density at radius 3 is 2.86 bits per heavy atom. The van der Waals surface area contributed by atoms with Gasteiger partial charge in [0.1, 0.15) is 5.82 Å². The third-order valence-electron chi connectivity index (χ3n) is 1.92. The summed E-state index contributed by atoms with van der Waals surface area (Å²) < 4.78 is 5.45. The molecule has 0 atom stereocenters. The minimum Gasteiger partial charge on any atom is -0.478 e. The van der Waals surface area contributed by atoms with E-state index in [9.17, 15) is 0 Å². The van der Waals surface area contributed by atoms with Gasteiger partial charge in [0.15, 0.2) is 0 Å². The molecule has 78 valence electrons. The minimum atomic E-state index is 0.506. The minimum absolute atomic E-state index is 0.506. The zero-order chi connectivity index (χ0) is 10.4. The summed E-state index contributed by atoms with van der Waals surface area (Å²) in [5.74, 6) is 1.85. The first-order valence-corrected chi connectivity index (χ1v) is 5.04. The molecule has 0 saturated carbocycles. The van der Waals surface area contributed by atoms with Gasteiger partial charge in [0.05, 0.1) is 6.61 Å². The van der Waals surface area contributed by atoms with Crippen LogP contribution in [-0.4, -0.2) is 11.6 Å². The average Bonchev–Trinajstić information content (AvgIpc) is 2.12. The van der Waals surface area contributed by atoms with Crippen LogP contribution in [0.2, 0.25) is 0 Å². The topological polar surface area (TPSA) is 48.1 Å². The maximum absolute atomic E-state index is 5.52. The molecule has 3 nitrogen and oxygen atoms in total. The second-order valence-corrected chi connectivity index (χ2v) is 3.79. The molecule has 0 unspecified atom stereocenters. The largest absolute Gasteiger partial charge is 0.478 e. The number of nitrogens with zero attached hydrogens (tertiary/aromatic N) is 1. The highest BCUT2D eigenvalue weighted by Gasteiger charge is 1.97. The van der Waals surface area contributed by atoms with Crippen molar-refractivity contribution in [1.29, 1.82) is 0 Å². The van der Waals surface area contributed by atoms with Gasteiger partial charge >= 0.3 is 0 Å². The van der Waals surface area contributed by atoms with Crippen molar-refractivity contribution in [1.82, 2.24) is 4.98 Å². The molecule has 0 spiro atoms. The molecule has 1 aromatic rings. The predicted octanol–water partition coefficient (Wildman–Crippen LogP) is 2.48. The Morgan fingerprint density at radius 2 is 2.21 bits per heavy atom. The van der Waals surface area contributed by atoms with Crippen LogP contribution in [0.1, 0.15) is 26.7 Å². The number of hydrogen-bond donors (Lipinski definition) is 1. The number of ether oxygens (including phenoxy) is 1. The van der Waals surface area contributed by atoms with Crippen molar-refractivity contribution in [3.63, 3.8) is 0 Å². The number of aromatic nitrogens is 1. The van der Waals surface area contributed by atoms with Crippen LogP contribution in [0.15, 0.2) is 18.2 Å². The zero-order valence-corrected chi connectivity index (χ0v) is 8.86. The van der Waals surface area contributed by atoms with Crippen molar-refractivity contribution in [2.24, 2.45) is 5.92 Å². The summed E-state index contributed by atoms with van der Waals surface area (Å²) in [6, 6.07) is 5.42. The first-order chi connectivity index (χ1) is 6.68. The van der Waals surface area contributed by atoms with Crippen LogP contribution in [0.4, 0.5) is 5.82 Å². The lowest BCUT2D eigenvalue weighted by molar-refractivity contribution is 0.287. The van der Waals surface area contributed by atoms with E-state index in [0.29, 0.717) is 18.3 Å². The molecule has 1 heterocycles. The molecular weight excluding hydrogens is 176 g/mol. The Morgan fingerprint density at radius 1 is 1.43 bits per heavy atom. The highest BCUT2D eigenvalue weighted by molar-refractivity contribution is 5.30. The first-order valence-electron chi connectivity index (χ1n) is 5.04. The van der Waals surface area contributed by atoms with E-state index in [1.54, 1.807) is 6.07 Å². The summed E-state index contributed by atoms with van der Waals surface area (Å²) in [6.07, 6.45) is 2.25. The second kappa shape index (κ2) is 5.47. The smallest absolute Gasteiger partial charge is 0.215 e. The number of nitrogen functional groups attached to an aromatic ring is 1. The van der Waals surface area contributed by atoms with Crippen LogP contribution < -0.4 is 10.5 Å². The monoisotopic (exact) mass is 194 g/mol. The van der Waals surface area contributed by atoms with Gasteiger partial charge in [0, 0.05) is 6.07 Å². The lowest BCUT2D eigenvalue weighted by Crippen LogP contribution is -2.01. The molecule has 0 aromatic carbocycles. The van der Waals surface area contributed by atoms with Gasteiger partial charge in [-0.1, -0.05) is 19.9 Å². The third kappa shape index (κ3) is 4.12. The molecule has 0 radical (unpaired) electrons. The van der Waals surface area contributed by atoms with Gasteiger partial charge in [-0.2, -0.15) is 4.98 Å². The molecular formula is C11H18N2O. The number of nitrogens with two attached hydrogens (primary N) is 1. The van der Waals surface area contributed by atoms with Crippen molar-refractivity contribution in [3.8, 4) is 5.88 Å². The van der Waals surface area contributed by atoms with E-state index in [0.717, 1.165) is 12.3 Å². The summed E-state index contributed by atoms with van der Waals surface area (Å²) >= 11 is 0. The second-order valence-electron chi connectivity index (χ2n) is 3.79. The normalized spacial score (nSPS) is 10.5. The number of anilines is 1. The molecule has 1 aromatic heterocycles. The molecule has 0 fully saturated rings. The van der Waals surface area contributed by atoms with Crippen molar-refractivity contribution in [2.45, 2.75) is 26.7 Å². The summed E-state index contributed by atoms with van der Waals surface area (Å²) in [5.41, 5.74) is 5.52. The first kappa shape index (κ1) is 10.8. The Hall–Kier alpha value is -1.25. The van der Waals surface area contributed by atoms with Gasteiger partial charge < -0.3 is 10.5 Å². The van der Waals surface area contributed by atoms with E-state index in [-0.39, 0.29) is 0 Å². The number of pyridine rings is 1. The quantitative estimate of drug-likeness (QED) is 0.732. The lowest BCUT2D eigenvalue weighted by atomic mass is 10.1. The standard InChI is InChI=1S/C11H18N2O/c1-9(2)5-4-8-14-11-7-3-6-10(12)13-11/h3,6-7,9H,4-5,8H2,1-2H3,(H2,12,13). The van der Waals surface area contributed by atoms with Crippen LogP contribution in [0.25, 0.3) is 0 Å². The Labute approximate surface area is 85.3 Å². The summed E-state index contributed by atoms with van der Waals surface area (Å²) in [5, 5.41) is 0. The molecule has 0 aliphatic heterocycles. The van der Waals surface area contributed by atoms with Gasteiger partial charge in [-0.3, -0.25) is 0 Å². The van der Waals surface area contributed by atoms with Crippen molar-refractivity contribution >= 4 is 5.82 Å². The van der Waals surface area contributed by atoms with Gasteiger partial charge in [0.2, 0.25) is 5.88 Å². The Balaban J connectivity index is 2.25. The van der Waals surface area contributed by atoms with Crippen LogP contribution in [0, 0.1) is 5.92 Å². The molecule has 0 saturated heterocycles. The summed E-state index contributed by atoms with van der Waals surface area (Å²) in [6.45, 7) is 5.13. The highest BCUT2D eigenvalue weighted by Crippen LogP contribution is 2.10. The third-order valence-corrected chi connectivity index (χ3v) is 1.92. The summed E-state index contributed by atoms with van der Waals surface area (Å²) in [7, 11) is 0. The van der Waals surface area contributed by atoms with Crippen LogP contribution >= 0.6 is 0 Å². The van der Waals surface area contributed by atoms with E-state index >= 15 is 0 Å². The number of rotatable bonds is 5. The number of hydrogen-bond acceptors (Lipinski definition) is 3. The molecule has 1 rings (SSSR count). The van der Waals surface area contributed by atoms with E-state index in [1.807, 2.05) is 12.1 Å². The average molecular weight is 194 g/mol. The SMILES string of the molecule is CC(C)CCCOc1cccc(N)n1. The lowest BCUT2D eigenvalue weighted by Gasteiger charge is -2.06. The van der Waals surface area contributed by atoms with Gasteiger partial charge in [0.25, 0.3) is 0 Å². The fraction of sp³-hybridized carbons (Fsp3) is 0.545. The zero-order valence-electron chi connectivity index (χ0n) is 8.86. The molecule has 0 amide bonds. The van der Waals surface area contributed by atoms with Gasteiger partial charge in [-0.25, -0.2) is 0 Å². The molecule has 0 aliphatic rings. The van der Waals surface area contributed by atoms with E-state index in [1.165, 1.54) is 6.42 Å². The van der Waals surface area contributed by atoms with Crippen molar-refractivity contribution < 1.29 is 4.74 Å². The molecule has 0 bridgehead atoms. The van der Waals surface area contributed by atoms with E-state index in [2.05, 4.69) is 18.8 Å². The van der Waals surface area contributed by atoms with Crippen molar-refractivity contribution in [2.75, 3.05) is 12.3 Å². The van der Waals surface area contributed by atoms with Gasteiger partial charge in [-0.05, 0) is 24.8 Å². The Bertz CT molecular complexity index is 274.